The summed E-state index contributed by atoms with van der Waals surface area (Å²) in [6, 6.07) is 13.2. The van der Waals surface area contributed by atoms with Gasteiger partial charge in [-0.1, -0.05) is 29.8 Å². The van der Waals surface area contributed by atoms with Crippen molar-refractivity contribution >= 4 is 17.3 Å². The fourth-order valence-corrected chi connectivity index (χ4v) is 2.74. The SMILES string of the molecule is Cc1ccc(CC2Oc3cc(N)ccc3N(CCO)C2=O)cc1. The van der Waals surface area contributed by atoms with Crippen molar-refractivity contribution < 1.29 is 14.6 Å². The molecule has 0 fully saturated rings. The van der Waals surface area contributed by atoms with Gasteiger partial charge in [0.05, 0.1) is 12.3 Å². The predicted octanol–water partition coefficient (Wildman–Crippen LogP) is 1.91. The molecule has 2 aromatic rings. The number of aliphatic hydroxyl groups excluding tert-OH is 1. The number of β-amino-alcohol motifs (C(OH)–C–C–N with tert-alkyl or cyclic N) is 1. The van der Waals surface area contributed by atoms with Crippen molar-refractivity contribution in [2.45, 2.75) is 19.4 Å². The highest BCUT2D eigenvalue weighted by Crippen LogP contribution is 2.36. The van der Waals surface area contributed by atoms with Crippen LogP contribution in [0.3, 0.4) is 0 Å². The average molecular weight is 312 g/mol. The smallest absolute Gasteiger partial charge is 0.268 e. The zero-order chi connectivity index (χ0) is 16.4. The summed E-state index contributed by atoms with van der Waals surface area (Å²) in [6.07, 6.45) is -0.131. The number of fused-ring (bicyclic) bond motifs is 1. The molecule has 0 bridgehead atoms. The van der Waals surface area contributed by atoms with Gasteiger partial charge in [0.25, 0.3) is 5.91 Å². The van der Waals surface area contributed by atoms with Crippen molar-refractivity contribution in [3.8, 4) is 5.75 Å². The van der Waals surface area contributed by atoms with E-state index in [0.717, 1.165) is 5.56 Å². The van der Waals surface area contributed by atoms with Gasteiger partial charge in [0.15, 0.2) is 6.10 Å². The Hall–Kier alpha value is -2.53. The quantitative estimate of drug-likeness (QED) is 0.846. The first-order valence-corrected chi connectivity index (χ1v) is 7.62. The molecule has 5 nitrogen and oxygen atoms in total. The fraction of sp³-hybridized carbons (Fsp3) is 0.278. The lowest BCUT2D eigenvalue weighted by atomic mass is 10.0. The van der Waals surface area contributed by atoms with Gasteiger partial charge in [-0.25, -0.2) is 0 Å². The number of nitrogens with two attached hydrogens (primary N) is 1. The molecule has 1 unspecified atom stereocenters. The second-order valence-electron chi connectivity index (χ2n) is 5.74. The van der Waals surface area contributed by atoms with Crippen LogP contribution in [0.5, 0.6) is 5.75 Å². The number of nitrogen functional groups attached to an aromatic ring is 1. The van der Waals surface area contributed by atoms with E-state index in [4.69, 9.17) is 10.5 Å². The Morgan fingerprint density at radius 1 is 1.22 bits per heavy atom. The number of anilines is 2. The Kier molecular flexibility index (Phi) is 4.21. The molecule has 3 N–H and O–H groups in total. The Morgan fingerprint density at radius 3 is 2.65 bits per heavy atom. The molecular formula is C18H20N2O3. The van der Waals surface area contributed by atoms with Crippen molar-refractivity contribution in [1.82, 2.24) is 0 Å². The zero-order valence-corrected chi connectivity index (χ0v) is 13.0. The molecule has 0 radical (unpaired) electrons. The summed E-state index contributed by atoms with van der Waals surface area (Å²) in [4.78, 5) is 14.3. The third kappa shape index (κ3) is 3.14. The van der Waals surface area contributed by atoms with E-state index in [9.17, 15) is 9.90 Å². The van der Waals surface area contributed by atoms with Gasteiger partial charge in [-0.05, 0) is 24.6 Å². The molecule has 1 aliphatic rings. The normalized spacial score (nSPS) is 16.9. The Balaban J connectivity index is 1.90. The molecule has 1 atom stereocenters. The molecule has 23 heavy (non-hydrogen) atoms. The Morgan fingerprint density at radius 2 is 1.96 bits per heavy atom. The summed E-state index contributed by atoms with van der Waals surface area (Å²) in [5, 5.41) is 9.26. The highest BCUT2D eigenvalue weighted by molar-refractivity contribution is 6.00. The maximum absolute atomic E-state index is 12.7. The summed E-state index contributed by atoms with van der Waals surface area (Å²) in [5.41, 5.74) is 9.25. The van der Waals surface area contributed by atoms with Gasteiger partial charge in [-0.2, -0.15) is 0 Å². The topological polar surface area (TPSA) is 75.8 Å². The van der Waals surface area contributed by atoms with E-state index in [1.165, 1.54) is 5.56 Å². The van der Waals surface area contributed by atoms with Gasteiger partial charge in [0.1, 0.15) is 5.75 Å². The first-order chi connectivity index (χ1) is 11.1. The van der Waals surface area contributed by atoms with E-state index in [-0.39, 0.29) is 19.1 Å². The number of ether oxygens (including phenoxy) is 1. The number of aryl methyl sites for hydroxylation is 1. The summed E-state index contributed by atoms with van der Waals surface area (Å²) < 4.78 is 5.88. The van der Waals surface area contributed by atoms with Crippen LogP contribution < -0.4 is 15.4 Å². The monoisotopic (exact) mass is 312 g/mol. The van der Waals surface area contributed by atoms with Crippen LogP contribution in [0.2, 0.25) is 0 Å². The maximum Gasteiger partial charge on any atom is 0.268 e. The second-order valence-corrected chi connectivity index (χ2v) is 5.74. The second kappa shape index (κ2) is 6.30. The molecule has 0 aromatic heterocycles. The first kappa shape index (κ1) is 15.4. The maximum atomic E-state index is 12.7. The van der Waals surface area contributed by atoms with E-state index in [1.54, 1.807) is 23.1 Å². The van der Waals surface area contributed by atoms with Crippen molar-refractivity contribution in [1.29, 1.82) is 0 Å². The Labute approximate surface area is 135 Å². The van der Waals surface area contributed by atoms with Crippen LogP contribution in [0.1, 0.15) is 11.1 Å². The van der Waals surface area contributed by atoms with Crippen molar-refractivity contribution in [3.63, 3.8) is 0 Å². The fourth-order valence-electron chi connectivity index (χ4n) is 2.74. The van der Waals surface area contributed by atoms with Crippen molar-refractivity contribution in [3.05, 3.63) is 53.6 Å². The van der Waals surface area contributed by atoms with Crippen LogP contribution in [-0.4, -0.2) is 30.3 Å². The summed E-state index contributed by atoms with van der Waals surface area (Å²) in [5.74, 6) is 0.437. The van der Waals surface area contributed by atoms with Crippen LogP contribution in [0.25, 0.3) is 0 Å². The molecule has 1 amide bonds. The third-order valence-corrected chi connectivity index (χ3v) is 3.95. The predicted molar refractivity (Wildman–Crippen MR) is 89.6 cm³/mol. The number of amides is 1. The van der Waals surface area contributed by atoms with Crippen molar-refractivity contribution in [2.75, 3.05) is 23.8 Å². The number of carbonyl (C=O) groups is 1. The van der Waals surface area contributed by atoms with Crippen LogP contribution in [0, 0.1) is 6.92 Å². The largest absolute Gasteiger partial charge is 0.478 e. The van der Waals surface area contributed by atoms with Gasteiger partial charge < -0.3 is 20.5 Å². The molecule has 0 saturated carbocycles. The molecule has 5 heteroatoms. The lowest BCUT2D eigenvalue weighted by Gasteiger charge is -2.34. The van der Waals surface area contributed by atoms with Crippen LogP contribution in [0.4, 0.5) is 11.4 Å². The van der Waals surface area contributed by atoms with E-state index in [2.05, 4.69) is 0 Å². The summed E-state index contributed by atoms with van der Waals surface area (Å²) >= 11 is 0. The van der Waals surface area contributed by atoms with E-state index >= 15 is 0 Å². The molecule has 3 rings (SSSR count). The number of aliphatic hydroxyl groups is 1. The van der Waals surface area contributed by atoms with Gasteiger partial charge in [0.2, 0.25) is 0 Å². The number of carbonyl (C=O) groups excluding carboxylic acids is 1. The molecule has 2 aromatic carbocycles. The minimum Gasteiger partial charge on any atom is -0.478 e. The highest BCUT2D eigenvalue weighted by atomic mass is 16.5. The highest BCUT2D eigenvalue weighted by Gasteiger charge is 2.34. The average Bonchev–Trinajstić information content (AvgIpc) is 2.53. The number of rotatable bonds is 4. The van der Waals surface area contributed by atoms with E-state index in [0.29, 0.717) is 23.5 Å². The summed E-state index contributed by atoms with van der Waals surface area (Å²) in [7, 11) is 0. The van der Waals surface area contributed by atoms with Gasteiger partial charge in [0, 0.05) is 24.7 Å². The Bertz CT molecular complexity index is 713. The molecule has 1 aliphatic heterocycles. The number of nitrogens with zero attached hydrogens (tertiary/aromatic N) is 1. The van der Waals surface area contributed by atoms with Crippen LogP contribution >= 0.6 is 0 Å². The van der Waals surface area contributed by atoms with E-state index < -0.39 is 6.10 Å². The van der Waals surface area contributed by atoms with Gasteiger partial charge in [-0.15, -0.1) is 0 Å². The van der Waals surface area contributed by atoms with Gasteiger partial charge in [-0.3, -0.25) is 4.79 Å². The third-order valence-electron chi connectivity index (χ3n) is 3.95. The molecular weight excluding hydrogens is 292 g/mol. The van der Waals surface area contributed by atoms with Crippen molar-refractivity contribution in [2.24, 2.45) is 0 Å². The molecule has 0 aliphatic carbocycles. The number of benzene rings is 2. The van der Waals surface area contributed by atoms with Gasteiger partial charge >= 0.3 is 0 Å². The molecule has 0 saturated heterocycles. The van der Waals surface area contributed by atoms with E-state index in [1.807, 2.05) is 31.2 Å². The van der Waals surface area contributed by atoms with Crippen LogP contribution in [-0.2, 0) is 11.2 Å². The molecule has 1 heterocycles. The first-order valence-electron chi connectivity index (χ1n) is 7.62. The lowest BCUT2D eigenvalue weighted by molar-refractivity contribution is -0.126. The molecule has 120 valence electrons. The molecule has 0 spiro atoms. The zero-order valence-electron chi connectivity index (χ0n) is 13.0. The van der Waals surface area contributed by atoms with Crippen LogP contribution in [0.15, 0.2) is 42.5 Å². The number of hydrogen-bond donors (Lipinski definition) is 2. The minimum absolute atomic E-state index is 0.104. The standard InChI is InChI=1S/C18H20N2O3/c1-12-2-4-13(5-3-12)10-17-18(22)20(8-9-21)15-7-6-14(19)11-16(15)23-17/h2-7,11,17,21H,8-10,19H2,1H3. The summed E-state index contributed by atoms with van der Waals surface area (Å²) in [6.45, 7) is 2.16. The minimum atomic E-state index is -0.612. The lowest BCUT2D eigenvalue weighted by Crippen LogP contribution is -2.48. The number of hydrogen-bond acceptors (Lipinski definition) is 4.